The number of hydrogen-bond acceptors (Lipinski definition) is 2. The average molecular weight is 297 g/mol. The normalized spacial score (nSPS) is 16.9. The van der Waals surface area contributed by atoms with E-state index in [0.29, 0.717) is 18.9 Å². The van der Waals surface area contributed by atoms with Gasteiger partial charge in [0.15, 0.2) is 0 Å². The predicted molar refractivity (Wildman–Crippen MR) is 85.2 cm³/mol. The van der Waals surface area contributed by atoms with Gasteiger partial charge in [0.1, 0.15) is 0 Å². The number of carbonyl (C=O) groups excluding carboxylic acids is 1. The summed E-state index contributed by atoms with van der Waals surface area (Å²) in [5, 5.41) is 2.96. The molecule has 3 nitrogen and oxygen atoms in total. The Balaban J connectivity index is 0.00000200. The van der Waals surface area contributed by atoms with E-state index < -0.39 is 0 Å². The monoisotopic (exact) mass is 296 g/mol. The topological polar surface area (TPSA) is 55.1 Å². The molecule has 0 spiro atoms. The zero-order valence-corrected chi connectivity index (χ0v) is 13.1. The first-order chi connectivity index (χ1) is 9.08. The fourth-order valence-corrected chi connectivity index (χ4v) is 2.52. The highest BCUT2D eigenvalue weighted by Crippen LogP contribution is 2.31. The van der Waals surface area contributed by atoms with Gasteiger partial charge in [-0.3, -0.25) is 4.79 Å². The van der Waals surface area contributed by atoms with Gasteiger partial charge in [-0.1, -0.05) is 31.2 Å². The molecule has 2 rings (SSSR count). The van der Waals surface area contributed by atoms with Crippen LogP contribution in [0.25, 0.3) is 0 Å². The number of hydrogen-bond donors (Lipinski definition) is 2. The van der Waals surface area contributed by atoms with E-state index in [9.17, 15) is 4.79 Å². The van der Waals surface area contributed by atoms with Crippen molar-refractivity contribution >= 4 is 18.3 Å². The molecule has 0 radical (unpaired) electrons. The summed E-state index contributed by atoms with van der Waals surface area (Å²) in [6, 6.07) is 8.38. The van der Waals surface area contributed by atoms with Crippen LogP contribution in [0.4, 0.5) is 0 Å². The molecule has 1 saturated carbocycles. The summed E-state index contributed by atoms with van der Waals surface area (Å²) in [5.41, 5.74) is 8.48. The Labute approximate surface area is 127 Å². The van der Waals surface area contributed by atoms with Gasteiger partial charge < -0.3 is 11.1 Å². The first kappa shape index (κ1) is 17.0. The predicted octanol–water partition coefficient (Wildman–Crippen LogP) is 2.76. The number of nitrogens with two attached hydrogens (primary N) is 1. The van der Waals surface area contributed by atoms with Crippen LogP contribution in [0.2, 0.25) is 0 Å². The van der Waals surface area contributed by atoms with Crippen molar-refractivity contribution in [3.8, 4) is 0 Å². The molecule has 1 aromatic rings. The van der Waals surface area contributed by atoms with Crippen molar-refractivity contribution in [1.29, 1.82) is 0 Å². The van der Waals surface area contributed by atoms with Crippen molar-refractivity contribution in [2.45, 2.75) is 45.1 Å². The largest absolute Gasteiger partial charge is 0.355 e. The Hall–Kier alpha value is -1.06. The lowest BCUT2D eigenvalue weighted by Crippen LogP contribution is -2.38. The second kappa shape index (κ2) is 7.65. The fourth-order valence-electron chi connectivity index (χ4n) is 2.52. The molecule has 1 aliphatic carbocycles. The Morgan fingerprint density at radius 3 is 2.65 bits per heavy atom. The van der Waals surface area contributed by atoms with Crippen LogP contribution in [0, 0.1) is 12.8 Å². The Kier molecular flexibility index (Phi) is 6.50. The molecule has 1 aliphatic rings. The highest BCUT2D eigenvalue weighted by molar-refractivity contribution is 5.85. The average Bonchev–Trinajstić information content (AvgIpc) is 3.20. The Morgan fingerprint density at radius 2 is 2.05 bits per heavy atom. The lowest BCUT2D eigenvalue weighted by molar-refractivity contribution is -0.121. The van der Waals surface area contributed by atoms with Crippen LogP contribution in [-0.2, 0) is 4.79 Å². The maximum atomic E-state index is 11.9. The number of nitrogens with one attached hydrogen (secondary N) is 1. The third-order valence-electron chi connectivity index (χ3n) is 3.97. The number of halogens is 1. The van der Waals surface area contributed by atoms with Gasteiger partial charge in [-0.05, 0) is 42.7 Å². The molecule has 0 aliphatic heterocycles. The van der Waals surface area contributed by atoms with Crippen molar-refractivity contribution < 1.29 is 4.79 Å². The number of amides is 1. The molecule has 0 aromatic heterocycles. The molecule has 4 heteroatoms. The van der Waals surface area contributed by atoms with E-state index in [-0.39, 0.29) is 30.3 Å². The van der Waals surface area contributed by atoms with E-state index >= 15 is 0 Å². The molecule has 2 atom stereocenters. The van der Waals surface area contributed by atoms with Gasteiger partial charge in [0, 0.05) is 19.0 Å². The van der Waals surface area contributed by atoms with Crippen LogP contribution < -0.4 is 11.1 Å². The molecule has 112 valence electrons. The maximum absolute atomic E-state index is 11.9. The molecule has 0 heterocycles. The van der Waals surface area contributed by atoms with E-state index in [1.165, 1.54) is 24.0 Å². The molecule has 20 heavy (non-hydrogen) atoms. The molecule has 1 aromatic carbocycles. The summed E-state index contributed by atoms with van der Waals surface area (Å²) >= 11 is 0. The second-order valence-electron chi connectivity index (χ2n) is 5.77. The van der Waals surface area contributed by atoms with Crippen LogP contribution in [0.1, 0.15) is 43.2 Å². The third kappa shape index (κ3) is 4.80. The van der Waals surface area contributed by atoms with Gasteiger partial charge in [-0.15, -0.1) is 12.4 Å². The zero-order valence-electron chi connectivity index (χ0n) is 12.3. The third-order valence-corrected chi connectivity index (χ3v) is 3.97. The quantitative estimate of drug-likeness (QED) is 0.848. The highest BCUT2D eigenvalue weighted by Gasteiger charge is 2.28. The lowest BCUT2D eigenvalue weighted by atomic mass is 9.93. The highest BCUT2D eigenvalue weighted by atomic mass is 35.5. The molecular weight excluding hydrogens is 272 g/mol. The Morgan fingerprint density at radius 1 is 1.40 bits per heavy atom. The maximum Gasteiger partial charge on any atom is 0.220 e. The van der Waals surface area contributed by atoms with Gasteiger partial charge in [0.2, 0.25) is 5.91 Å². The van der Waals surface area contributed by atoms with Gasteiger partial charge >= 0.3 is 0 Å². The van der Waals surface area contributed by atoms with Crippen molar-refractivity contribution in [3.63, 3.8) is 0 Å². The van der Waals surface area contributed by atoms with Crippen molar-refractivity contribution in [2.24, 2.45) is 11.7 Å². The molecule has 0 saturated heterocycles. The van der Waals surface area contributed by atoms with Crippen molar-refractivity contribution in [1.82, 2.24) is 5.32 Å². The minimum atomic E-state index is 0. The summed E-state index contributed by atoms with van der Waals surface area (Å²) < 4.78 is 0. The van der Waals surface area contributed by atoms with Gasteiger partial charge in [-0.2, -0.15) is 0 Å². The first-order valence-corrected chi connectivity index (χ1v) is 7.15. The van der Waals surface area contributed by atoms with E-state index in [2.05, 4.69) is 31.3 Å². The molecule has 1 fully saturated rings. The fraction of sp³-hybridized carbons (Fsp3) is 0.562. The molecule has 1 amide bonds. The molecule has 2 unspecified atom stereocenters. The van der Waals surface area contributed by atoms with E-state index in [1.54, 1.807) is 0 Å². The van der Waals surface area contributed by atoms with Crippen LogP contribution >= 0.6 is 12.4 Å². The van der Waals surface area contributed by atoms with Crippen LogP contribution in [0.3, 0.4) is 0 Å². The standard InChI is InChI=1S/C16H24N2O.ClH/c1-11-5-3-4-6-14(11)12(2)9-16(19)18-10-15(17)13-7-8-13;/h3-6,12-13,15H,7-10,17H2,1-2H3,(H,18,19);1H. The minimum Gasteiger partial charge on any atom is -0.355 e. The SMILES string of the molecule is Cc1ccccc1C(C)CC(=O)NCC(N)C1CC1.Cl. The van der Waals surface area contributed by atoms with E-state index in [4.69, 9.17) is 5.73 Å². The van der Waals surface area contributed by atoms with Crippen LogP contribution in [0.15, 0.2) is 24.3 Å². The molecule has 3 N–H and O–H groups in total. The number of carbonyl (C=O) groups is 1. The summed E-state index contributed by atoms with van der Waals surface area (Å²) in [5.74, 6) is 0.985. The van der Waals surface area contributed by atoms with Crippen molar-refractivity contribution in [3.05, 3.63) is 35.4 Å². The number of rotatable bonds is 6. The van der Waals surface area contributed by atoms with Gasteiger partial charge in [0.05, 0.1) is 0 Å². The molecular formula is C16H25ClN2O. The Bertz CT molecular complexity index is 446. The molecule has 0 bridgehead atoms. The smallest absolute Gasteiger partial charge is 0.220 e. The van der Waals surface area contributed by atoms with Gasteiger partial charge in [-0.25, -0.2) is 0 Å². The first-order valence-electron chi connectivity index (χ1n) is 7.15. The van der Waals surface area contributed by atoms with Gasteiger partial charge in [0.25, 0.3) is 0 Å². The lowest BCUT2D eigenvalue weighted by Gasteiger charge is -2.16. The zero-order chi connectivity index (χ0) is 13.8. The minimum absolute atomic E-state index is 0. The van der Waals surface area contributed by atoms with Crippen LogP contribution in [0.5, 0.6) is 0 Å². The number of aryl methyl sites for hydroxylation is 1. The van der Waals surface area contributed by atoms with Crippen molar-refractivity contribution in [2.75, 3.05) is 6.54 Å². The second-order valence-corrected chi connectivity index (χ2v) is 5.77. The van der Waals surface area contributed by atoms with E-state index in [0.717, 1.165) is 0 Å². The van der Waals surface area contributed by atoms with Crippen LogP contribution in [-0.4, -0.2) is 18.5 Å². The summed E-state index contributed by atoms with van der Waals surface area (Å²) in [6.45, 7) is 4.81. The summed E-state index contributed by atoms with van der Waals surface area (Å²) in [7, 11) is 0. The van der Waals surface area contributed by atoms with E-state index in [1.807, 2.05) is 12.1 Å². The summed E-state index contributed by atoms with van der Waals surface area (Å²) in [6.07, 6.45) is 2.97. The number of benzene rings is 1. The summed E-state index contributed by atoms with van der Waals surface area (Å²) in [4.78, 5) is 11.9.